The molecule has 1 aromatic rings. The first-order valence-corrected chi connectivity index (χ1v) is 8.56. The summed E-state index contributed by atoms with van der Waals surface area (Å²) in [6.45, 7) is 2.77. The number of para-hydroxylation sites is 1. The van der Waals surface area contributed by atoms with Crippen LogP contribution in [0.25, 0.3) is 0 Å². The second-order valence-corrected chi connectivity index (χ2v) is 5.80. The van der Waals surface area contributed by atoms with Gasteiger partial charge in [0, 0.05) is 19.1 Å². The van der Waals surface area contributed by atoms with Gasteiger partial charge in [-0.2, -0.15) is 0 Å². The van der Waals surface area contributed by atoms with Crippen LogP contribution in [0.4, 0.5) is 4.79 Å². The quantitative estimate of drug-likeness (QED) is 0.771. The van der Waals surface area contributed by atoms with E-state index in [4.69, 9.17) is 14.2 Å². The number of hydrogen-bond donors (Lipinski definition) is 1. The molecule has 0 saturated carbocycles. The van der Waals surface area contributed by atoms with Crippen LogP contribution in [0, 0.1) is 0 Å². The van der Waals surface area contributed by atoms with Crippen LogP contribution in [0.5, 0.6) is 5.75 Å². The first-order valence-electron chi connectivity index (χ1n) is 8.56. The zero-order chi connectivity index (χ0) is 18.9. The molecule has 8 heteroatoms. The molecule has 0 aliphatic carbocycles. The Hall–Kier alpha value is -2.77. The molecule has 0 atom stereocenters. The summed E-state index contributed by atoms with van der Waals surface area (Å²) in [5.41, 5.74) is 0.269. The molecule has 1 fully saturated rings. The minimum Gasteiger partial charge on any atom is -0.496 e. The molecule has 1 aliphatic rings. The average Bonchev–Trinajstić information content (AvgIpc) is 2.66. The summed E-state index contributed by atoms with van der Waals surface area (Å²) in [6, 6.07) is 6.60. The van der Waals surface area contributed by atoms with Crippen molar-refractivity contribution in [3.8, 4) is 5.75 Å². The Balaban J connectivity index is 1.74. The maximum absolute atomic E-state index is 12.1. The number of benzene rings is 1. The smallest absolute Gasteiger partial charge is 0.409 e. The van der Waals surface area contributed by atoms with E-state index in [1.165, 1.54) is 7.11 Å². The van der Waals surface area contributed by atoms with Gasteiger partial charge in [-0.15, -0.1) is 0 Å². The summed E-state index contributed by atoms with van der Waals surface area (Å²) in [7, 11) is 1.46. The van der Waals surface area contributed by atoms with Gasteiger partial charge in [0.2, 0.25) is 0 Å². The predicted octanol–water partition coefficient (Wildman–Crippen LogP) is 1.59. The van der Waals surface area contributed by atoms with Crippen LogP contribution >= 0.6 is 0 Å². The molecule has 26 heavy (non-hydrogen) atoms. The van der Waals surface area contributed by atoms with Crippen LogP contribution < -0.4 is 10.1 Å². The van der Waals surface area contributed by atoms with Crippen molar-refractivity contribution < 1.29 is 28.6 Å². The van der Waals surface area contributed by atoms with Crippen LogP contribution in [-0.4, -0.2) is 62.3 Å². The van der Waals surface area contributed by atoms with E-state index in [0.717, 1.165) is 0 Å². The van der Waals surface area contributed by atoms with E-state index in [1.807, 2.05) is 0 Å². The lowest BCUT2D eigenvalue weighted by Crippen LogP contribution is -2.47. The molecule has 8 nitrogen and oxygen atoms in total. The standard InChI is InChI=1S/C18H24N2O6/c1-3-25-18(23)20-10-8-13(9-11-20)19-16(21)12-26-17(22)14-6-4-5-7-15(14)24-2/h4-7,13H,3,8-12H2,1-2H3,(H,19,21). The van der Waals surface area contributed by atoms with Crippen LogP contribution in [-0.2, 0) is 14.3 Å². The van der Waals surface area contributed by atoms with Gasteiger partial charge in [-0.1, -0.05) is 12.1 Å². The molecule has 0 spiro atoms. The Bertz CT molecular complexity index is 640. The SMILES string of the molecule is CCOC(=O)N1CCC(NC(=O)COC(=O)c2ccccc2OC)CC1. The van der Waals surface area contributed by atoms with E-state index in [0.29, 0.717) is 38.3 Å². The molecule has 2 amide bonds. The summed E-state index contributed by atoms with van der Waals surface area (Å²) in [5, 5.41) is 2.82. The topological polar surface area (TPSA) is 94.2 Å². The van der Waals surface area contributed by atoms with Crippen LogP contribution in [0.2, 0.25) is 0 Å². The molecular weight excluding hydrogens is 340 g/mol. The van der Waals surface area contributed by atoms with Gasteiger partial charge in [0.15, 0.2) is 6.61 Å². The number of ether oxygens (including phenoxy) is 3. The number of carbonyl (C=O) groups excluding carboxylic acids is 3. The maximum atomic E-state index is 12.1. The molecule has 1 saturated heterocycles. The fourth-order valence-corrected chi connectivity index (χ4v) is 2.71. The van der Waals surface area contributed by atoms with E-state index in [2.05, 4.69) is 5.32 Å². The van der Waals surface area contributed by atoms with Gasteiger partial charge in [0.05, 0.1) is 13.7 Å². The van der Waals surface area contributed by atoms with Gasteiger partial charge in [0.1, 0.15) is 11.3 Å². The molecule has 0 aromatic heterocycles. The van der Waals surface area contributed by atoms with Crippen molar-refractivity contribution in [1.29, 1.82) is 0 Å². The largest absolute Gasteiger partial charge is 0.496 e. The minimum atomic E-state index is -0.616. The predicted molar refractivity (Wildman–Crippen MR) is 93.0 cm³/mol. The maximum Gasteiger partial charge on any atom is 0.409 e. The molecule has 0 unspecified atom stereocenters. The Morgan fingerprint density at radius 3 is 2.50 bits per heavy atom. The number of hydrogen-bond acceptors (Lipinski definition) is 6. The number of nitrogens with one attached hydrogen (secondary N) is 1. The highest BCUT2D eigenvalue weighted by Gasteiger charge is 2.25. The number of nitrogens with zero attached hydrogens (tertiary/aromatic N) is 1. The molecule has 1 N–H and O–H groups in total. The minimum absolute atomic E-state index is 0.0573. The summed E-state index contributed by atoms with van der Waals surface area (Å²) < 4.78 is 15.1. The Labute approximate surface area is 152 Å². The molecule has 2 rings (SSSR count). The normalized spacial score (nSPS) is 14.5. The second-order valence-electron chi connectivity index (χ2n) is 5.80. The van der Waals surface area contributed by atoms with Crippen molar-refractivity contribution >= 4 is 18.0 Å². The van der Waals surface area contributed by atoms with Crippen molar-refractivity contribution in [1.82, 2.24) is 10.2 Å². The highest BCUT2D eigenvalue weighted by atomic mass is 16.6. The number of amides is 2. The van der Waals surface area contributed by atoms with Crippen molar-refractivity contribution in [2.24, 2.45) is 0 Å². The van der Waals surface area contributed by atoms with Crippen LogP contribution in [0.15, 0.2) is 24.3 Å². The Morgan fingerprint density at radius 1 is 1.15 bits per heavy atom. The fourth-order valence-electron chi connectivity index (χ4n) is 2.71. The zero-order valence-electron chi connectivity index (χ0n) is 15.0. The lowest BCUT2D eigenvalue weighted by molar-refractivity contribution is -0.125. The van der Waals surface area contributed by atoms with Crippen molar-refractivity contribution in [3.05, 3.63) is 29.8 Å². The second kappa shape index (κ2) is 9.65. The molecular formula is C18H24N2O6. The zero-order valence-corrected chi connectivity index (χ0v) is 15.0. The van der Waals surface area contributed by atoms with Gasteiger partial charge in [0.25, 0.3) is 5.91 Å². The van der Waals surface area contributed by atoms with Gasteiger partial charge in [-0.3, -0.25) is 4.79 Å². The van der Waals surface area contributed by atoms with Gasteiger partial charge < -0.3 is 24.4 Å². The van der Waals surface area contributed by atoms with Gasteiger partial charge in [-0.05, 0) is 31.9 Å². The molecule has 142 valence electrons. The summed E-state index contributed by atoms with van der Waals surface area (Å²) in [4.78, 5) is 37.3. The lowest BCUT2D eigenvalue weighted by atomic mass is 10.1. The number of piperidine rings is 1. The van der Waals surface area contributed by atoms with E-state index < -0.39 is 5.97 Å². The first-order chi connectivity index (χ1) is 12.5. The lowest BCUT2D eigenvalue weighted by Gasteiger charge is -2.31. The van der Waals surface area contributed by atoms with Crippen LogP contribution in [0.3, 0.4) is 0 Å². The Kier molecular flexibility index (Phi) is 7.25. The summed E-state index contributed by atoms with van der Waals surface area (Å²) >= 11 is 0. The third kappa shape index (κ3) is 5.37. The summed E-state index contributed by atoms with van der Waals surface area (Å²) in [6.07, 6.45) is 0.929. The highest BCUT2D eigenvalue weighted by Crippen LogP contribution is 2.18. The van der Waals surface area contributed by atoms with E-state index in [-0.39, 0.29) is 30.2 Å². The number of esters is 1. The third-order valence-electron chi connectivity index (χ3n) is 4.05. The first kappa shape index (κ1) is 19.6. The molecule has 0 radical (unpaired) electrons. The number of rotatable bonds is 6. The molecule has 1 aromatic carbocycles. The van der Waals surface area contributed by atoms with Gasteiger partial charge >= 0.3 is 12.1 Å². The highest BCUT2D eigenvalue weighted by molar-refractivity contribution is 5.94. The number of methoxy groups -OCH3 is 1. The average molecular weight is 364 g/mol. The van der Waals surface area contributed by atoms with Gasteiger partial charge in [-0.25, -0.2) is 9.59 Å². The van der Waals surface area contributed by atoms with Crippen molar-refractivity contribution in [3.63, 3.8) is 0 Å². The fraction of sp³-hybridized carbons (Fsp3) is 0.500. The van der Waals surface area contributed by atoms with E-state index in [1.54, 1.807) is 36.1 Å². The van der Waals surface area contributed by atoms with Crippen LogP contribution in [0.1, 0.15) is 30.1 Å². The molecule has 0 bridgehead atoms. The summed E-state index contributed by atoms with van der Waals surface area (Å²) in [5.74, 6) is -0.596. The number of likely N-dealkylation sites (tertiary alicyclic amines) is 1. The van der Waals surface area contributed by atoms with E-state index in [9.17, 15) is 14.4 Å². The van der Waals surface area contributed by atoms with E-state index >= 15 is 0 Å². The third-order valence-corrected chi connectivity index (χ3v) is 4.05. The van der Waals surface area contributed by atoms with Crippen molar-refractivity contribution in [2.75, 3.05) is 33.4 Å². The molecule has 1 aliphatic heterocycles. The molecule has 1 heterocycles. The van der Waals surface area contributed by atoms with Crippen molar-refractivity contribution in [2.45, 2.75) is 25.8 Å². The number of carbonyl (C=O) groups is 3. The monoisotopic (exact) mass is 364 g/mol. The Morgan fingerprint density at radius 2 is 1.85 bits per heavy atom.